The molecule has 0 radical (unpaired) electrons. The number of nitrogens with one attached hydrogen (secondary N) is 1. The molecular weight excluding hydrogens is 237 g/mol. The highest BCUT2D eigenvalue weighted by Crippen LogP contribution is 2.13. The number of benzene rings is 1. The highest BCUT2D eigenvalue weighted by atomic mass is 19.1. The smallest absolute Gasteiger partial charge is 0.173 e. The summed E-state index contributed by atoms with van der Waals surface area (Å²) >= 11 is 0. The second-order valence-corrected chi connectivity index (χ2v) is 4.06. The lowest BCUT2D eigenvalue weighted by Gasteiger charge is -2.13. The summed E-state index contributed by atoms with van der Waals surface area (Å²) in [5.74, 6) is -0.755. The van der Waals surface area contributed by atoms with E-state index in [1.54, 1.807) is 12.1 Å². The number of aliphatic hydroxyl groups excluding tert-OH is 1. The molecule has 18 heavy (non-hydrogen) atoms. The molecule has 0 aliphatic rings. The van der Waals surface area contributed by atoms with Gasteiger partial charge in [-0.1, -0.05) is 17.3 Å². The van der Waals surface area contributed by atoms with Gasteiger partial charge in [0.05, 0.1) is 5.56 Å². The fourth-order valence-electron chi connectivity index (χ4n) is 1.55. The molecule has 1 aromatic carbocycles. The lowest BCUT2D eigenvalue weighted by atomic mass is 10.1. The Bertz CT molecular complexity index is 424. The predicted octanol–water partition coefficient (Wildman–Crippen LogP) is 0.781. The van der Waals surface area contributed by atoms with E-state index in [0.717, 1.165) is 0 Å². The van der Waals surface area contributed by atoms with Crippen LogP contribution in [0.4, 0.5) is 4.39 Å². The maximum Gasteiger partial charge on any atom is 0.173 e. The lowest BCUT2D eigenvalue weighted by molar-refractivity contribution is 0.268. The van der Waals surface area contributed by atoms with E-state index in [1.807, 2.05) is 6.92 Å². The number of nitrogens with zero attached hydrogens (tertiary/aromatic N) is 1. The third-order valence-corrected chi connectivity index (χ3v) is 2.67. The van der Waals surface area contributed by atoms with Crippen LogP contribution in [-0.4, -0.2) is 28.8 Å². The number of oxime groups is 1. The van der Waals surface area contributed by atoms with Crippen LogP contribution >= 0.6 is 0 Å². The summed E-state index contributed by atoms with van der Waals surface area (Å²) < 4.78 is 14.0. The molecule has 0 saturated heterocycles. The highest BCUT2D eigenvalue weighted by molar-refractivity contribution is 5.97. The molecule has 0 aromatic heterocycles. The van der Waals surface area contributed by atoms with Crippen molar-refractivity contribution in [2.75, 3.05) is 6.61 Å². The molecule has 5 N–H and O–H groups in total. The van der Waals surface area contributed by atoms with Crippen molar-refractivity contribution < 1.29 is 14.7 Å². The average molecular weight is 255 g/mol. The van der Waals surface area contributed by atoms with Gasteiger partial charge in [-0.2, -0.15) is 0 Å². The molecule has 0 bridgehead atoms. The fourth-order valence-corrected chi connectivity index (χ4v) is 1.55. The van der Waals surface area contributed by atoms with E-state index in [1.165, 1.54) is 6.07 Å². The Morgan fingerprint density at radius 2 is 2.28 bits per heavy atom. The maximum absolute atomic E-state index is 14.0. The molecule has 5 nitrogen and oxygen atoms in total. The zero-order valence-electron chi connectivity index (χ0n) is 10.2. The molecule has 1 aromatic rings. The van der Waals surface area contributed by atoms with Gasteiger partial charge in [0.15, 0.2) is 5.84 Å². The normalized spacial score (nSPS) is 13.6. The number of rotatable bonds is 6. The first-order chi connectivity index (χ1) is 8.60. The molecule has 0 fully saturated rings. The summed E-state index contributed by atoms with van der Waals surface area (Å²) in [5, 5.41) is 23.2. The van der Waals surface area contributed by atoms with Crippen molar-refractivity contribution in [3.8, 4) is 0 Å². The van der Waals surface area contributed by atoms with E-state index >= 15 is 0 Å². The summed E-state index contributed by atoms with van der Waals surface area (Å²) in [6.45, 7) is 2.31. The van der Waals surface area contributed by atoms with Gasteiger partial charge in [-0.15, -0.1) is 0 Å². The standard InChI is InChI=1S/C12H18FN3O2/c1-8(5-6-17)15-7-9-3-2-4-10(11(9)13)12(14)16-18/h2-4,8,15,17-18H,5-7H2,1H3,(H2,14,16). The van der Waals surface area contributed by atoms with Gasteiger partial charge in [0, 0.05) is 24.8 Å². The summed E-state index contributed by atoms with van der Waals surface area (Å²) in [7, 11) is 0. The number of amidine groups is 1. The van der Waals surface area contributed by atoms with Gasteiger partial charge in [-0.25, -0.2) is 4.39 Å². The largest absolute Gasteiger partial charge is 0.409 e. The van der Waals surface area contributed by atoms with E-state index in [9.17, 15) is 4.39 Å². The van der Waals surface area contributed by atoms with Crippen LogP contribution in [0.15, 0.2) is 23.4 Å². The van der Waals surface area contributed by atoms with Crippen LogP contribution in [-0.2, 0) is 6.54 Å². The SMILES string of the molecule is CC(CCO)NCc1cccc(/C(N)=N/O)c1F. The van der Waals surface area contributed by atoms with Crippen molar-refractivity contribution in [2.45, 2.75) is 25.9 Å². The molecule has 0 heterocycles. The average Bonchev–Trinajstić information content (AvgIpc) is 2.37. The Balaban J connectivity index is 2.78. The molecular formula is C12H18FN3O2. The second-order valence-electron chi connectivity index (χ2n) is 4.06. The Kier molecular flexibility index (Phi) is 5.54. The first-order valence-corrected chi connectivity index (χ1v) is 5.69. The van der Waals surface area contributed by atoms with E-state index in [-0.39, 0.29) is 24.0 Å². The molecule has 100 valence electrons. The Morgan fingerprint density at radius 1 is 1.56 bits per heavy atom. The minimum atomic E-state index is -0.503. The van der Waals surface area contributed by atoms with E-state index in [0.29, 0.717) is 18.5 Å². The third kappa shape index (κ3) is 3.68. The molecule has 6 heteroatoms. The first kappa shape index (κ1) is 14.4. The van der Waals surface area contributed by atoms with Crippen molar-refractivity contribution in [3.05, 3.63) is 35.1 Å². The molecule has 0 amide bonds. The molecule has 0 spiro atoms. The molecule has 0 aliphatic carbocycles. The van der Waals surface area contributed by atoms with Crippen LogP contribution in [0.1, 0.15) is 24.5 Å². The van der Waals surface area contributed by atoms with Crippen molar-refractivity contribution in [1.82, 2.24) is 5.32 Å². The Labute approximate surface area is 105 Å². The van der Waals surface area contributed by atoms with E-state index in [4.69, 9.17) is 16.0 Å². The van der Waals surface area contributed by atoms with Gasteiger partial charge in [0.25, 0.3) is 0 Å². The first-order valence-electron chi connectivity index (χ1n) is 5.69. The second kappa shape index (κ2) is 6.93. The number of nitrogens with two attached hydrogens (primary N) is 1. The van der Waals surface area contributed by atoms with Crippen molar-refractivity contribution in [1.29, 1.82) is 0 Å². The number of hydrogen-bond donors (Lipinski definition) is 4. The minimum absolute atomic E-state index is 0.0756. The monoisotopic (exact) mass is 255 g/mol. The van der Waals surface area contributed by atoms with Gasteiger partial charge >= 0.3 is 0 Å². The third-order valence-electron chi connectivity index (χ3n) is 2.67. The van der Waals surface area contributed by atoms with Crippen molar-refractivity contribution in [2.24, 2.45) is 10.9 Å². The molecule has 1 rings (SSSR count). The Hall–Kier alpha value is -1.66. The minimum Gasteiger partial charge on any atom is -0.409 e. The van der Waals surface area contributed by atoms with Gasteiger partial charge in [0.2, 0.25) is 0 Å². The van der Waals surface area contributed by atoms with Crippen molar-refractivity contribution >= 4 is 5.84 Å². The summed E-state index contributed by atoms with van der Waals surface area (Å²) in [5.41, 5.74) is 5.88. The zero-order valence-corrected chi connectivity index (χ0v) is 10.2. The van der Waals surface area contributed by atoms with Crippen LogP contribution in [0, 0.1) is 5.82 Å². The van der Waals surface area contributed by atoms with Crippen LogP contribution in [0.5, 0.6) is 0 Å². The van der Waals surface area contributed by atoms with Crippen molar-refractivity contribution in [3.63, 3.8) is 0 Å². The number of halogens is 1. The summed E-state index contributed by atoms with van der Waals surface area (Å²) in [6, 6.07) is 4.80. The van der Waals surface area contributed by atoms with Crippen LogP contribution in [0.3, 0.4) is 0 Å². The van der Waals surface area contributed by atoms with Crippen LogP contribution < -0.4 is 11.1 Å². The number of aliphatic hydroxyl groups is 1. The van der Waals surface area contributed by atoms with Crippen LogP contribution in [0.25, 0.3) is 0 Å². The molecule has 1 unspecified atom stereocenters. The molecule has 1 atom stereocenters. The van der Waals surface area contributed by atoms with Gasteiger partial charge in [-0.05, 0) is 19.4 Å². The quantitative estimate of drug-likeness (QED) is 0.262. The molecule has 0 saturated carbocycles. The zero-order chi connectivity index (χ0) is 13.5. The molecule has 0 aliphatic heterocycles. The van der Waals surface area contributed by atoms with Gasteiger partial charge in [0.1, 0.15) is 5.82 Å². The summed E-state index contributed by atoms with van der Waals surface area (Å²) in [6.07, 6.45) is 0.599. The van der Waals surface area contributed by atoms with E-state index in [2.05, 4.69) is 10.5 Å². The van der Waals surface area contributed by atoms with Gasteiger partial charge < -0.3 is 21.4 Å². The van der Waals surface area contributed by atoms with Crippen LogP contribution in [0.2, 0.25) is 0 Å². The fraction of sp³-hybridized carbons (Fsp3) is 0.417. The Morgan fingerprint density at radius 3 is 2.89 bits per heavy atom. The highest BCUT2D eigenvalue weighted by Gasteiger charge is 2.11. The predicted molar refractivity (Wildman–Crippen MR) is 66.9 cm³/mol. The summed E-state index contributed by atoms with van der Waals surface area (Å²) in [4.78, 5) is 0. The van der Waals surface area contributed by atoms with Gasteiger partial charge in [-0.3, -0.25) is 0 Å². The lowest BCUT2D eigenvalue weighted by Crippen LogP contribution is -2.27. The number of hydrogen-bond acceptors (Lipinski definition) is 4. The maximum atomic E-state index is 14.0. The topological polar surface area (TPSA) is 90.9 Å². The van der Waals surface area contributed by atoms with E-state index < -0.39 is 5.82 Å².